The largest absolute Gasteiger partial charge is 0.376 e. The van der Waals surface area contributed by atoms with Crippen molar-refractivity contribution in [3.05, 3.63) is 30.0 Å². The van der Waals surface area contributed by atoms with Crippen LogP contribution in [0.15, 0.2) is 24.3 Å². The van der Waals surface area contributed by atoms with Gasteiger partial charge in [0.25, 0.3) is 0 Å². The number of rotatable bonds is 7. The lowest BCUT2D eigenvalue weighted by molar-refractivity contribution is 0.0246. The molecule has 0 spiro atoms. The van der Waals surface area contributed by atoms with E-state index in [0.717, 1.165) is 65.4 Å². The molecule has 2 N–H and O–H groups in total. The van der Waals surface area contributed by atoms with Gasteiger partial charge >= 0.3 is 0 Å². The van der Waals surface area contributed by atoms with Gasteiger partial charge in [-0.05, 0) is 69.4 Å². The molecule has 33 heavy (non-hydrogen) atoms. The van der Waals surface area contributed by atoms with E-state index in [1.165, 1.54) is 30.4 Å². The average molecular weight is 466 g/mol. The lowest BCUT2D eigenvalue weighted by Gasteiger charge is -2.23. The summed E-state index contributed by atoms with van der Waals surface area (Å²) in [6.45, 7) is 8.35. The molecule has 2 fully saturated rings. The molecule has 3 aromatic rings. The molecular formula is C26H35N5OS. The van der Waals surface area contributed by atoms with Crippen molar-refractivity contribution in [3.8, 4) is 10.6 Å². The normalized spacial score (nSPS) is 23.3. The molecular weight excluding hydrogens is 430 g/mol. The van der Waals surface area contributed by atoms with Gasteiger partial charge < -0.3 is 15.4 Å². The summed E-state index contributed by atoms with van der Waals surface area (Å²) in [5.41, 5.74) is 3.01. The summed E-state index contributed by atoms with van der Waals surface area (Å²) in [7, 11) is 0. The first-order chi connectivity index (χ1) is 16.1. The van der Waals surface area contributed by atoms with Crippen LogP contribution in [0, 0.1) is 18.8 Å². The molecule has 3 atom stereocenters. The molecule has 1 saturated heterocycles. The average Bonchev–Trinajstić information content (AvgIpc) is 3.45. The van der Waals surface area contributed by atoms with E-state index in [9.17, 15) is 0 Å². The van der Waals surface area contributed by atoms with Gasteiger partial charge in [-0.25, -0.2) is 9.97 Å². The van der Waals surface area contributed by atoms with Crippen molar-refractivity contribution in [1.82, 2.24) is 15.0 Å². The molecule has 6 nitrogen and oxygen atoms in total. The van der Waals surface area contributed by atoms with Crippen LogP contribution >= 0.6 is 11.3 Å². The lowest BCUT2D eigenvalue weighted by atomic mass is 9.94. The van der Waals surface area contributed by atoms with Crippen LogP contribution in [0.5, 0.6) is 0 Å². The Morgan fingerprint density at radius 2 is 1.97 bits per heavy atom. The second kappa shape index (κ2) is 9.94. The Morgan fingerprint density at radius 1 is 1.09 bits per heavy atom. The fourth-order valence-corrected chi connectivity index (χ4v) is 6.18. The minimum atomic E-state index is 0.240. The van der Waals surface area contributed by atoms with Crippen LogP contribution in [-0.2, 0) is 4.74 Å². The number of nitrogens with zero attached hydrogens (tertiary/aromatic N) is 3. The predicted octanol–water partition coefficient (Wildman–Crippen LogP) is 6.28. The van der Waals surface area contributed by atoms with Crippen molar-refractivity contribution in [2.24, 2.45) is 11.8 Å². The summed E-state index contributed by atoms with van der Waals surface area (Å²) in [5, 5.41) is 8.23. The van der Waals surface area contributed by atoms with Crippen LogP contribution in [0.25, 0.3) is 20.8 Å². The van der Waals surface area contributed by atoms with Crippen molar-refractivity contribution < 1.29 is 4.74 Å². The first-order valence-corrected chi connectivity index (χ1v) is 13.2. The van der Waals surface area contributed by atoms with Gasteiger partial charge in [-0.15, -0.1) is 11.3 Å². The van der Waals surface area contributed by atoms with Gasteiger partial charge in [-0.2, -0.15) is 4.98 Å². The highest BCUT2D eigenvalue weighted by Crippen LogP contribution is 2.39. The van der Waals surface area contributed by atoms with Crippen LogP contribution in [0.2, 0.25) is 0 Å². The Bertz CT molecular complexity index is 1060. The molecule has 3 unspecified atom stereocenters. The second-order valence-electron chi connectivity index (χ2n) is 9.87. The number of hydrogen-bond donors (Lipinski definition) is 2. The highest BCUT2D eigenvalue weighted by atomic mass is 32.1. The minimum Gasteiger partial charge on any atom is -0.376 e. The van der Waals surface area contributed by atoms with Crippen molar-refractivity contribution in [1.29, 1.82) is 0 Å². The fourth-order valence-electron chi connectivity index (χ4n) is 5.11. The van der Waals surface area contributed by atoms with Gasteiger partial charge in [0.15, 0.2) is 0 Å². The summed E-state index contributed by atoms with van der Waals surface area (Å²) < 4.78 is 7.08. The van der Waals surface area contributed by atoms with Gasteiger partial charge in [0.1, 0.15) is 10.8 Å². The van der Waals surface area contributed by atoms with Crippen molar-refractivity contribution >= 4 is 33.3 Å². The molecule has 1 aliphatic carbocycles. The van der Waals surface area contributed by atoms with E-state index in [2.05, 4.69) is 49.6 Å². The zero-order chi connectivity index (χ0) is 22.8. The van der Waals surface area contributed by atoms with Crippen molar-refractivity contribution in [3.63, 3.8) is 0 Å². The number of thiazole rings is 1. The maximum absolute atomic E-state index is 5.89. The van der Waals surface area contributed by atoms with E-state index in [0.29, 0.717) is 12.0 Å². The zero-order valence-corrected chi connectivity index (χ0v) is 20.8. The fraction of sp³-hybridized carbons (Fsp3) is 0.577. The molecule has 2 aliphatic rings. The molecule has 5 rings (SSSR count). The Kier molecular flexibility index (Phi) is 6.79. The highest BCUT2D eigenvalue weighted by Gasteiger charge is 2.28. The maximum Gasteiger partial charge on any atom is 0.224 e. The first-order valence-electron chi connectivity index (χ1n) is 12.4. The third-order valence-corrected chi connectivity index (χ3v) is 8.17. The number of aryl methyl sites for hydroxylation is 1. The van der Waals surface area contributed by atoms with Crippen LogP contribution in [0.3, 0.4) is 0 Å². The highest BCUT2D eigenvalue weighted by molar-refractivity contribution is 7.21. The van der Waals surface area contributed by atoms with E-state index in [-0.39, 0.29) is 6.10 Å². The molecule has 3 heterocycles. The summed E-state index contributed by atoms with van der Waals surface area (Å²) in [6.07, 6.45) is 7.39. The minimum absolute atomic E-state index is 0.240. The molecule has 0 bridgehead atoms. The van der Waals surface area contributed by atoms with Crippen molar-refractivity contribution in [2.75, 3.05) is 23.8 Å². The van der Waals surface area contributed by atoms with Crippen LogP contribution < -0.4 is 10.6 Å². The van der Waals surface area contributed by atoms with E-state index in [1.54, 1.807) is 11.3 Å². The van der Waals surface area contributed by atoms with E-state index >= 15 is 0 Å². The quantitative estimate of drug-likeness (QED) is 0.428. The molecule has 7 heteroatoms. The van der Waals surface area contributed by atoms with Crippen LogP contribution in [0.1, 0.15) is 58.1 Å². The number of aromatic nitrogens is 3. The third kappa shape index (κ3) is 5.14. The van der Waals surface area contributed by atoms with Crippen LogP contribution in [0.4, 0.5) is 11.8 Å². The van der Waals surface area contributed by atoms with Gasteiger partial charge in [-0.1, -0.05) is 26.0 Å². The molecule has 176 valence electrons. The topological polar surface area (TPSA) is 72.0 Å². The van der Waals surface area contributed by atoms with E-state index in [1.807, 2.05) is 6.07 Å². The Hall–Kier alpha value is -2.25. The molecule has 2 aromatic heterocycles. The number of ether oxygens (including phenoxy) is 1. The van der Waals surface area contributed by atoms with E-state index in [4.69, 9.17) is 19.7 Å². The Labute approximate surface area is 200 Å². The van der Waals surface area contributed by atoms with Gasteiger partial charge in [0.05, 0.1) is 27.6 Å². The third-order valence-electron chi connectivity index (χ3n) is 7.12. The number of benzene rings is 1. The standard InChI is InChI=1S/C26H35N5OS/c1-16(2)18-11-12-19(14-18)29-24-23(25-30-21-9-4-5-10-22(21)33-25)17(3)28-26(31-24)27-15-20-8-6-7-13-32-20/h4-5,9-10,16,18-20H,6-8,11-15H2,1-3H3,(H2,27,28,29,31). The first kappa shape index (κ1) is 22.5. The Morgan fingerprint density at radius 3 is 2.73 bits per heavy atom. The second-order valence-corrected chi connectivity index (χ2v) is 10.9. The number of hydrogen-bond acceptors (Lipinski definition) is 7. The van der Waals surface area contributed by atoms with Gasteiger partial charge in [-0.3, -0.25) is 0 Å². The number of para-hydroxylation sites is 1. The SMILES string of the molecule is Cc1nc(NCC2CCCCO2)nc(NC2CCC(C(C)C)C2)c1-c1nc2ccccc2s1. The smallest absolute Gasteiger partial charge is 0.224 e. The van der Waals surface area contributed by atoms with E-state index < -0.39 is 0 Å². The summed E-state index contributed by atoms with van der Waals surface area (Å²) in [4.78, 5) is 14.7. The monoisotopic (exact) mass is 465 g/mol. The molecule has 1 aliphatic heterocycles. The number of nitrogens with one attached hydrogen (secondary N) is 2. The summed E-state index contributed by atoms with van der Waals surface area (Å²) in [5.74, 6) is 3.08. The molecule has 0 amide bonds. The van der Waals surface area contributed by atoms with Crippen molar-refractivity contribution in [2.45, 2.75) is 71.4 Å². The number of anilines is 2. The summed E-state index contributed by atoms with van der Waals surface area (Å²) >= 11 is 1.71. The number of fused-ring (bicyclic) bond motifs is 1. The van der Waals surface area contributed by atoms with Gasteiger partial charge in [0, 0.05) is 19.2 Å². The zero-order valence-electron chi connectivity index (χ0n) is 19.9. The molecule has 0 radical (unpaired) electrons. The maximum atomic E-state index is 5.89. The summed E-state index contributed by atoms with van der Waals surface area (Å²) in [6, 6.07) is 8.75. The molecule has 1 aromatic carbocycles. The van der Waals surface area contributed by atoms with Gasteiger partial charge in [0.2, 0.25) is 5.95 Å². The Balaban J connectivity index is 1.44. The lowest BCUT2D eigenvalue weighted by Crippen LogP contribution is -2.28. The predicted molar refractivity (Wildman–Crippen MR) is 137 cm³/mol. The van der Waals surface area contributed by atoms with Crippen LogP contribution in [-0.4, -0.2) is 40.2 Å². The molecule has 1 saturated carbocycles.